The van der Waals surface area contributed by atoms with Crippen molar-refractivity contribution in [3.05, 3.63) is 47.2 Å². The van der Waals surface area contributed by atoms with Crippen LogP contribution in [-0.4, -0.2) is 22.4 Å². The van der Waals surface area contributed by atoms with Crippen LogP contribution in [0.25, 0.3) is 11.4 Å². The molecule has 3 aromatic rings. The zero-order valence-electron chi connectivity index (χ0n) is 13.5. The minimum absolute atomic E-state index is 0.519. The third-order valence-corrected chi connectivity index (χ3v) is 3.75. The Kier molecular flexibility index (Phi) is 4.41. The molecule has 0 aliphatic carbocycles. The Bertz CT molecular complexity index is 770. The number of benzene rings is 1. The van der Waals surface area contributed by atoms with Gasteiger partial charge in [0.15, 0.2) is 0 Å². The van der Waals surface area contributed by atoms with Crippen molar-refractivity contribution in [1.29, 1.82) is 0 Å². The molecule has 0 amide bonds. The first kappa shape index (κ1) is 15.3. The van der Waals surface area contributed by atoms with Gasteiger partial charge in [0, 0.05) is 12.0 Å². The summed E-state index contributed by atoms with van der Waals surface area (Å²) in [5, 5.41) is 8.18. The summed E-state index contributed by atoms with van der Waals surface area (Å²) in [6.45, 7) is 4.09. The lowest BCUT2D eigenvalue weighted by Crippen LogP contribution is -1.96. The zero-order chi connectivity index (χ0) is 16.2. The molecule has 0 radical (unpaired) electrons. The van der Waals surface area contributed by atoms with Crippen LogP contribution in [-0.2, 0) is 19.3 Å². The van der Waals surface area contributed by atoms with Crippen molar-refractivity contribution >= 4 is 0 Å². The monoisotopic (exact) mass is 313 g/mol. The molecule has 0 aliphatic heterocycles. The highest BCUT2D eigenvalue weighted by molar-refractivity contribution is 5.63. The van der Waals surface area contributed by atoms with Crippen LogP contribution < -0.4 is 4.74 Å². The van der Waals surface area contributed by atoms with E-state index < -0.39 is 0 Å². The average Bonchev–Trinajstić information content (AvgIpc) is 3.21. The van der Waals surface area contributed by atoms with Gasteiger partial charge in [-0.3, -0.25) is 0 Å². The van der Waals surface area contributed by atoms with Crippen LogP contribution in [0.15, 0.2) is 33.3 Å². The van der Waals surface area contributed by atoms with Crippen LogP contribution in [0, 0.1) is 0 Å². The quantitative estimate of drug-likeness (QED) is 0.694. The van der Waals surface area contributed by atoms with Gasteiger partial charge in [0.05, 0.1) is 24.8 Å². The number of para-hydroxylation sites is 1. The van der Waals surface area contributed by atoms with Crippen molar-refractivity contribution in [2.75, 3.05) is 7.11 Å². The van der Waals surface area contributed by atoms with Crippen molar-refractivity contribution in [3.63, 3.8) is 0 Å². The SMILES string of the molecule is CCc1noc(CC)c1Cc1nc(-c2ccccc2OC)no1. The Labute approximate surface area is 134 Å². The van der Waals surface area contributed by atoms with Crippen molar-refractivity contribution in [1.82, 2.24) is 15.3 Å². The maximum absolute atomic E-state index is 5.40. The van der Waals surface area contributed by atoms with Crippen molar-refractivity contribution < 1.29 is 13.8 Å². The van der Waals surface area contributed by atoms with E-state index in [1.807, 2.05) is 31.2 Å². The number of hydrogen-bond donors (Lipinski definition) is 0. The van der Waals surface area contributed by atoms with Gasteiger partial charge in [-0.05, 0) is 18.6 Å². The lowest BCUT2D eigenvalue weighted by Gasteiger charge is -2.03. The molecule has 0 unspecified atom stereocenters. The fourth-order valence-electron chi connectivity index (χ4n) is 2.55. The predicted octanol–water partition coefficient (Wildman–Crippen LogP) is 3.45. The molecule has 0 saturated heterocycles. The maximum atomic E-state index is 5.40. The molecular weight excluding hydrogens is 294 g/mol. The molecule has 23 heavy (non-hydrogen) atoms. The molecule has 0 fully saturated rings. The average molecular weight is 313 g/mol. The van der Waals surface area contributed by atoms with E-state index in [1.54, 1.807) is 7.11 Å². The highest BCUT2D eigenvalue weighted by atomic mass is 16.5. The summed E-state index contributed by atoms with van der Waals surface area (Å²) in [5.41, 5.74) is 2.80. The van der Waals surface area contributed by atoms with Gasteiger partial charge in [0.1, 0.15) is 11.5 Å². The summed E-state index contributed by atoms with van der Waals surface area (Å²) in [5.74, 6) is 2.65. The molecule has 1 aromatic carbocycles. The van der Waals surface area contributed by atoms with Crippen molar-refractivity contribution in [2.45, 2.75) is 33.1 Å². The molecule has 0 N–H and O–H groups in total. The third kappa shape index (κ3) is 2.97. The summed E-state index contributed by atoms with van der Waals surface area (Å²) in [7, 11) is 1.62. The van der Waals surface area contributed by atoms with Crippen LogP contribution in [0.3, 0.4) is 0 Å². The first-order chi connectivity index (χ1) is 11.3. The molecule has 2 aromatic heterocycles. The van der Waals surface area contributed by atoms with Gasteiger partial charge in [-0.2, -0.15) is 4.98 Å². The number of nitrogens with zero attached hydrogens (tertiary/aromatic N) is 3. The van der Waals surface area contributed by atoms with E-state index in [0.717, 1.165) is 35.4 Å². The highest BCUT2D eigenvalue weighted by Gasteiger charge is 2.18. The first-order valence-electron chi connectivity index (χ1n) is 7.69. The normalized spacial score (nSPS) is 10.9. The van der Waals surface area contributed by atoms with Gasteiger partial charge in [-0.15, -0.1) is 0 Å². The van der Waals surface area contributed by atoms with E-state index in [-0.39, 0.29) is 0 Å². The molecule has 6 nitrogen and oxygen atoms in total. The number of rotatable bonds is 6. The van der Waals surface area contributed by atoms with Crippen molar-refractivity contribution in [3.8, 4) is 17.1 Å². The second-order valence-corrected chi connectivity index (χ2v) is 5.13. The molecule has 6 heteroatoms. The predicted molar refractivity (Wildman–Crippen MR) is 84.4 cm³/mol. The third-order valence-electron chi connectivity index (χ3n) is 3.75. The standard InChI is InChI=1S/C17H19N3O3/c1-4-13-12(14(5-2)22-19-13)10-16-18-17(20-23-16)11-8-6-7-9-15(11)21-3/h6-9H,4-5,10H2,1-3H3. The summed E-state index contributed by atoms with van der Waals surface area (Å²) in [6, 6.07) is 7.59. The van der Waals surface area contributed by atoms with E-state index in [2.05, 4.69) is 22.2 Å². The Morgan fingerprint density at radius 1 is 1.04 bits per heavy atom. The fourth-order valence-corrected chi connectivity index (χ4v) is 2.55. The second-order valence-electron chi connectivity index (χ2n) is 5.13. The molecule has 0 saturated carbocycles. The molecule has 0 aliphatic rings. The fraction of sp³-hybridized carbons (Fsp3) is 0.353. The van der Waals surface area contributed by atoms with E-state index in [1.165, 1.54) is 0 Å². The lowest BCUT2D eigenvalue weighted by atomic mass is 10.1. The smallest absolute Gasteiger partial charge is 0.231 e. The van der Waals surface area contributed by atoms with Gasteiger partial charge in [-0.1, -0.05) is 36.3 Å². The lowest BCUT2D eigenvalue weighted by molar-refractivity contribution is 0.375. The minimum Gasteiger partial charge on any atom is -0.496 e. The molecule has 0 atom stereocenters. The van der Waals surface area contributed by atoms with Crippen LogP contribution in [0.4, 0.5) is 0 Å². The van der Waals surface area contributed by atoms with Gasteiger partial charge < -0.3 is 13.8 Å². The zero-order valence-corrected chi connectivity index (χ0v) is 13.5. The maximum Gasteiger partial charge on any atom is 0.231 e. The molecule has 3 rings (SSSR count). The second kappa shape index (κ2) is 6.64. The van der Waals surface area contributed by atoms with E-state index in [0.29, 0.717) is 23.9 Å². The minimum atomic E-state index is 0.519. The molecule has 2 heterocycles. The van der Waals surface area contributed by atoms with E-state index >= 15 is 0 Å². The number of aryl methyl sites for hydroxylation is 2. The summed E-state index contributed by atoms with van der Waals surface area (Å²) in [4.78, 5) is 4.49. The van der Waals surface area contributed by atoms with Crippen LogP contribution >= 0.6 is 0 Å². The summed E-state index contributed by atoms with van der Waals surface area (Å²) >= 11 is 0. The number of aromatic nitrogens is 3. The summed E-state index contributed by atoms with van der Waals surface area (Å²) in [6.07, 6.45) is 2.13. The number of hydrogen-bond acceptors (Lipinski definition) is 6. The molecule has 0 spiro atoms. The highest BCUT2D eigenvalue weighted by Crippen LogP contribution is 2.28. The van der Waals surface area contributed by atoms with Gasteiger partial charge in [0.2, 0.25) is 11.7 Å². The Morgan fingerprint density at radius 3 is 2.61 bits per heavy atom. The first-order valence-corrected chi connectivity index (χ1v) is 7.69. The number of ether oxygens (including phenoxy) is 1. The Balaban J connectivity index is 1.90. The largest absolute Gasteiger partial charge is 0.496 e. The van der Waals surface area contributed by atoms with Gasteiger partial charge in [-0.25, -0.2) is 0 Å². The molecule has 0 bridgehead atoms. The Hall–Kier alpha value is -2.63. The summed E-state index contributed by atoms with van der Waals surface area (Å²) < 4.78 is 16.1. The van der Waals surface area contributed by atoms with Gasteiger partial charge >= 0.3 is 0 Å². The van der Waals surface area contributed by atoms with Crippen molar-refractivity contribution in [2.24, 2.45) is 0 Å². The van der Waals surface area contributed by atoms with E-state index in [9.17, 15) is 0 Å². The number of methoxy groups -OCH3 is 1. The topological polar surface area (TPSA) is 74.2 Å². The van der Waals surface area contributed by atoms with Gasteiger partial charge in [0.25, 0.3) is 0 Å². The van der Waals surface area contributed by atoms with Crippen LogP contribution in [0.2, 0.25) is 0 Å². The van der Waals surface area contributed by atoms with E-state index in [4.69, 9.17) is 13.8 Å². The van der Waals surface area contributed by atoms with Crippen LogP contribution in [0.1, 0.15) is 36.8 Å². The molecular formula is C17H19N3O3. The molecule has 120 valence electrons. The Morgan fingerprint density at radius 2 is 1.87 bits per heavy atom. The van der Waals surface area contributed by atoms with Crippen LogP contribution in [0.5, 0.6) is 5.75 Å².